The summed E-state index contributed by atoms with van der Waals surface area (Å²) in [7, 11) is 5.31. The summed E-state index contributed by atoms with van der Waals surface area (Å²) in [6.45, 7) is 1.87. The van der Waals surface area contributed by atoms with Crippen LogP contribution >= 0.6 is 0 Å². The van der Waals surface area contributed by atoms with Crippen LogP contribution in [0.4, 0.5) is 11.4 Å². The fourth-order valence-corrected chi connectivity index (χ4v) is 2.17. The van der Waals surface area contributed by atoms with E-state index in [4.69, 9.17) is 0 Å². The predicted octanol–water partition coefficient (Wildman–Crippen LogP) is 1.32. The van der Waals surface area contributed by atoms with Crippen LogP contribution in [0.1, 0.15) is 16.8 Å². The molecule has 102 valence electrons. The van der Waals surface area contributed by atoms with Gasteiger partial charge in [0.05, 0.1) is 18.5 Å². The number of hydrogen-bond donors (Lipinski definition) is 0. The number of anilines is 2. The summed E-state index contributed by atoms with van der Waals surface area (Å²) in [6.07, 6.45) is -0.213. The minimum atomic E-state index is -0.506. The van der Waals surface area contributed by atoms with Crippen LogP contribution < -0.4 is 9.80 Å². The Morgan fingerprint density at radius 3 is 2.42 bits per heavy atom. The second-order valence-corrected chi connectivity index (χ2v) is 4.72. The molecule has 0 spiro atoms. The zero-order valence-corrected chi connectivity index (χ0v) is 11.5. The number of carbonyl (C=O) groups excluding carboxylic acids is 2. The van der Waals surface area contributed by atoms with Crippen LogP contribution in [0.15, 0.2) is 18.2 Å². The summed E-state index contributed by atoms with van der Waals surface area (Å²) in [5.41, 5.74) is 2.67. The predicted molar refractivity (Wildman–Crippen MR) is 73.9 cm³/mol. The van der Waals surface area contributed by atoms with Gasteiger partial charge < -0.3 is 14.5 Å². The average Bonchev–Trinajstić information content (AvgIpc) is 2.42. The molecule has 0 radical (unpaired) electrons. The van der Waals surface area contributed by atoms with Gasteiger partial charge in [0.2, 0.25) is 0 Å². The standard InChI is InChI=1S/C14H18N2O3/c1-15-6-7-16(2)12-8-10(4-5-11(12)15)13(17)9-14(18)19-3/h4-5,8H,6-7,9H2,1-3H3. The first-order chi connectivity index (χ1) is 9.02. The first-order valence-corrected chi connectivity index (χ1v) is 6.19. The van der Waals surface area contributed by atoms with E-state index in [0.717, 1.165) is 24.5 Å². The van der Waals surface area contributed by atoms with Crippen LogP contribution in [-0.4, -0.2) is 46.0 Å². The van der Waals surface area contributed by atoms with Gasteiger partial charge >= 0.3 is 5.97 Å². The minimum Gasteiger partial charge on any atom is -0.469 e. The Bertz CT molecular complexity index is 513. The lowest BCUT2D eigenvalue weighted by Crippen LogP contribution is -2.36. The number of hydrogen-bond acceptors (Lipinski definition) is 5. The van der Waals surface area contributed by atoms with Crippen molar-refractivity contribution < 1.29 is 14.3 Å². The van der Waals surface area contributed by atoms with Gasteiger partial charge in [-0.3, -0.25) is 9.59 Å². The topological polar surface area (TPSA) is 49.9 Å². The Hall–Kier alpha value is -2.04. The minimum absolute atomic E-state index is 0.212. The lowest BCUT2D eigenvalue weighted by Gasteiger charge is -2.34. The molecule has 2 rings (SSSR count). The molecule has 0 fully saturated rings. The van der Waals surface area contributed by atoms with E-state index >= 15 is 0 Å². The van der Waals surface area contributed by atoms with Gasteiger partial charge in [0.25, 0.3) is 0 Å². The number of ether oxygens (including phenoxy) is 1. The summed E-state index contributed by atoms with van der Waals surface area (Å²) in [5.74, 6) is -0.718. The van der Waals surface area contributed by atoms with Crippen molar-refractivity contribution in [2.45, 2.75) is 6.42 Å². The number of esters is 1. The molecule has 0 atom stereocenters. The zero-order valence-electron chi connectivity index (χ0n) is 11.5. The molecule has 1 aromatic carbocycles. The molecule has 1 heterocycles. The first-order valence-electron chi connectivity index (χ1n) is 6.19. The summed E-state index contributed by atoms with van der Waals surface area (Å²) in [5, 5.41) is 0. The maximum atomic E-state index is 12.0. The smallest absolute Gasteiger partial charge is 0.313 e. The van der Waals surface area contributed by atoms with E-state index in [2.05, 4.69) is 14.5 Å². The highest BCUT2D eigenvalue weighted by atomic mass is 16.5. The van der Waals surface area contributed by atoms with Crippen molar-refractivity contribution in [3.05, 3.63) is 23.8 Å². The molecule has 0 bridgehead atoms. The van der Waals surface area contributed by atoms with Crippen LogP contribution in [0.25, 0.3) is 0 Å². The Kier molecular flexibility index (Phi) is 3.74. The van der Waals surface area contributed by atoms with Crippen LogP contribution in [0, 0.1) is 0 Å². The van der Waals surface area contributed by atoms with Gasteiger partial charge in [-0.15, -0.1) is 0 Å². The Balaban J connectivity index is 2.27. The Labute approximate surface area is 112 Å². The molecule has 0 amide bonds. The number of nitrogens with zero attached hydrogens (tertiary/aromatic N) is 2. The fraction of sp³-hybridized carbons (Fsp3) is 0.429. The number of rotatable bonds is 3. The lowest BCUT2D eigenvalue weighted by atomic mass is 10.0. The lowest BCUT2D eigenvalue weighted by molar-refractivity contribution is -0.139. The number of likely N-dealkylation sites (N-methyl/N-ethyl adjacent to an activating group) is 2. The molecule has 1 aromatic rings. The monoisotopic (exact) mass is 262 g/mol. The van der Waals surface area contributed by atoms with Gasteiger partial charge in [-0.2, -0.15) is 0 Å². The second kappa shape index (κ2) is 5.30. The van der Waals surface area contributed by atoms with Gasteiger partial charge in [-0.25, -0.2) is 0 Å². The van der Waals surface area contributed by atoms with Crippen molar-refractivity contribution in [2.75, 3.05) is 44.1 Å². The molecule has 1 aliphatic heterocycles. The highest BCUT2D eigenvalue weighted by Crippen LogP contribution is 2.32. The molecular formula is C14H18N2O3. The summed E-state index contributed by atoms with van der Waals surface area (Å²) >= 11 is 0. The number of benzene rings is 1. The summed E-state index contributed by atoms with van der Waals surface area (Å²) in [4.78, 5) is 27.4. The van der Waals surface area contributed by atoms with Crippen LogP contribution in [0.2, 0.25) is 0 Å². The van der Waals surface area contributed by atoms with E-state index in [-0.39, 0.29) is 12.2 Å². The van der Waals surface area contributed by atoms with Crippen molar-refractivity contribution in [2.24, 2.45) is 0 Å². The zero-order chi connectivity index (χ0) is 14.0. The van der Waals surface area contributed by atoms with E-state index in [1.807, 2.05) is 26.2 Å². The van der Waals surface area contributed by atoms with Crippen molar-refractivity contribution in [3.8, 4) is 0 Å². The molecule has 0 aromatic heterocycles. The molecule has 0 N–H and O–H groups in total. The number of carbonyl (C=O) groups is 2. The second-order valence-electron chi connectivity index (χ2n) is 4.72. The van der Waals surface area contributed by atoms with Crippen molar-refractivity contribution >= 4 is 23.1 Å². The van der Waals surface area contributed by atoms with Crippen LogP contribution in [0.3, 0.4) is 0 Å². The number of fused-ring (bicyclic) bond motifs is 1. The SMILES string of the molecule is COC(=O)CC(=O)c1ccc2c(c1)N(C)CCN2C. The number of Topliss-reactive ketones (excluding diaryl/α,β-unsaturated/α-hetero) is 1. The normalized spacial score (nSPS) is 14.1. The summed E-state index contributed by atoms with van der Waals surface area (Å²) < 4.78 is 4.51. The molecule has 0 unspecified atom stereocenters. The Morgan fingerprint density at radius 1 is 1.16 bits per heavy atom. The van der Waals surface area contributed by atoms with Crippen molar-refractivity contribution in [1.29, 1.82) is 0 Å². The van der Waals surface area contributed by atoms with Gasteiger partial charge in [0, 0.05) is 32.7 Å². The molecule has 5 nitrogen and oxygen atoms in total. The maximum absolute atomic E-state index is 12.0. The largest absolute Gasteiger partial charge is 0.469 e. The van der Waals surface area contributed by atoms with Gasteiger partial charge in [0.15, 0.2) is 5.78 Å². The number of ketones is 1. The fourth-order valence-electron chi connectivity index (χ4n) is 2.17. The van der Waals surface area contributed by atoms with E-state index < -0.39 is 5.97 Å². The third-order valence-corrected chi connectivity index (χ3v) is 3.42. The van der Waals surface area contributed by atoms with Crippen molar-refractivity contribution in [3.63, 3.8) is 0 Å². The highest BCUT2D eigenvalue weighted by molar-refractivity contribution is 6.06. The van der Waals surface area contributed by atoms with Crippen molar-refractivity contribution in [1.82, 2.24) is 0 Å². The molecule has 5 heteroatoms. The molecule has 19 heavy (non-hydrogen) atoms. The molecule has 0 saturated carbocycles. The van der Waals surface area contributed by atoms with Gasteiger partial charge in [-0.1, -0.05) is 0 Å². The molecule has 0 saturated heterocycles. The maximum Gasteiger partial charge on any atom is 0.313 e. The highest BCUT2D eigenvalue weighted by Gasteiger charge is 2.20. The summed E-state index contributed by atoms with van der Waals surface area (Å²) in [6, 6.07) is 5.53. The van der Waals surface area contributed by atoms with Crippen LogP contribution in [0.5, 0.6) is 0 Å². The molecular weight excluding hydrogens is 244 g/mol. The van der Waals surface area contributed by atoms with Gasteiger partial charge in [-0.05, 0) is 18.2 Å². The van der Waals surface area contributed by atoms with E-state index in [1.54, 1.807) is 6.07 Å². The van der Waals surface area contributed by atoms with Crippen LogP contribution in [-0.2, 0) is 9.53 Å². The van der Waals surface area contributed by atoms with E-state index in [0.29, 0.717) is 5.56 Å². The van der Waals surface area contributed by atoms with E-state index in [9.17, 15) is 9.59 Å². The number of methoxy groups -OCH3 is 1. The Morgan fingerprint density at radius 2 is 1.79 bits per heavy atom. The third kappa shape index (κ3) is 2.70. The van der Waals surface area contributed by atoms with E-state index in [1.165, 1.54) is 7.11 Å². The van der Waals surface area contributed by atoms with Gasteiger partial charge in [0.1, 0.15) is 6.42 Å². The molecule has 0 aliphatic carbocycles. The average molecular weight is 262 g/mol. The first kappa shape index (κ1) is 13.4. The quantitative estimate of drug-likeness (QED) is 0.467. The molecule has 1 aliphatic rings. The third-order valence-electron chi connectivity index (χ3n) is 3.42.